The Morgan fingerprint density at radius 2 is 1.00 bits per heavy atom. The number of hydrogen-bond donors (Lipinski definition) is 2. The summed E-state index contributed by atoms with van der Waals surface area (Å²) in [7, 11) is 11.0. The van der Waals surface area contributed by atoms with Crippen LogP contribution in [0.5, 0.6) is 0 Å². The molecule has 0 aliphatic rings. The second kappa shape index (κ2) is 10.8. The van der Waals surface area contributed by atoms with Gasteiger partial charge in [0, 0.05) is 12.2 Å². The van der Waals surface area contributed by atoms with Gasteiger partial charge in [0.05, 0.1) is 55.1 Å². The van der Waals surface area contributed by atoms with E-state index >= 15 is 0 Å². The molecule has 0 heterocycles. The number of nitrogens with zero attached hydrogens (tertiary/aromatic N) is 2. The van der Waals surface area contributed by atoms with Gasteiger partial charge in [-0.25, -0.2) is 9.59 Å². The van der Waals surface area contributed by atoms with Crippen molar-refractivity contribution in [1.29, 1.82) is 0 Å². The largest absolute Gasteiger partial charge is 0.481 e. The van der Waals surface area contributed by atoms with E-state index in [1.165, 1.54) is 0 Å². The van der Waals surface area contributed by atoms with Crippen molar-refractivity contribution in [2.75, 3.05) is 55.4 Å². The molecule has 160 valence electrons. The van der Waals surface area contributed by atoms with Gasteiger partial charge in [0.1, 0.15) is 13.1 Å². The number of rotatable bonds is 12. The molecule has 0 saturated carbocycles. The van der Waals surface area contributed by atoms with E-state index in [9.17, 15) is 19.2 Å². The molecule has 0 unspecified atom stereocenters. The van der Waals surface area contributed by atoms with Gasteiger partial charge in [-0.15, -0.1) is 0 Å². The monoisotopic (exact) mass is 404 g/mol. The van der Waals surface area contributed by atoms with Gasteiger partial charge >= 0.3 is 23.9 Å². The molecule has 0 aromatic carbocycles. The normalized spacial score (nSPS) is 14.4. The smallest absolute Gasteiger partial charge is 0.331 e. The highest BCUT2D eigenvalue weighted by molar-refractivity contribution is 5.92. The minimum absolute atomic E-state index is 0.278. The van der Waals surface area contributed by atoms with E-state index in [1.54, 1.807) is 0 Å². The second-order valence-corrected chi connectivity index (χ2v) is 8.59. The van der Waals surface area contributed by atoms with Gasteiger partial charge in [0.25, 0.3) is 0 Å². The lowest BCUT2D eigenvalue weighted by molar-refractivity contribution is -0.873. The highest BCUT2D eigenvalue weighted by atomic mass is 16.6. The molecule has 0 rings (SSSR count). The summed E-state index contributed by atoms with van der Waals surface area (Å²) in [6, 6.07) is 0. The number of carbonyl (C=O) groups is 4. The summed E-state index contributed by atoms with van der Waals surface area (Å²) in [6.07, 6.45) is -0.743. The average molecular weight is 404 g/mol. The number of aliphatic carboxylic acids is 2. The van der Waals surface area contributed by atoms with E-state index in [1.807, 2.05) is 42.3 Å². The predicted octanol–water partition coefficient (Wildman–Crippen LogP) is -0.272. The Morgan fingerprint density at radius 1 is 0.714 bits per heavy atom. The Bertz CT molecular complexity index is 550. The van der Waals surface area contributed by atoms with Gasteiger partial charge in [0.15, 0.2) is 12.2 Å². The molecule has 2 atom stereocenters. The van der Waals surface area contributed by atoms with Gasteiger partial charge in [-0.05, 0) is 0 Å². The summed E-state index contributed by atoms with van der Waals surface area (Å²) in [5.41, 5.74) is 0. The van der Waals surface area contributed by atoms with E-state index in [0.29, 0.717) is 8.97 Å². The lowest BCUT2D eigenvalue weighted by Crippen LogP contribution is -2.44. The number of quaternary nitrogens is 2. The van der Waals surface area contributed by atoms with Gasteiger partial charge < -0.3 is 28.7 Å². The molecule has 0 saturated heterocycles. The maximum atomic E-state index is 11.9. The van der Waals surface area contributed by atoms with Crippen molar-refractivity contribution in [3.63, 3.8) is 0 Å². The summed E-state index contributed by atoms with van der Waals surface area (Å²) < 4.78 is 11.0. The molecular formula is C18H32N2O8+2. The topological polar surface area (TPSA) is 127 Å². The molecular weight excluding hydrogens is 372 g/mol. The highest BCUT2D eigenvalue weighted by Crippen LogP contribution is 2.08. The molecule has 0 aliphatic carbocycles. The van der Waals surface area contributed by atoms with Crippen LogP contribution >= 0.6 is 0 Å². The van der Waals surface area contributed by atoms with Crippen molar-refractivity contribution in [3.05, 3.63) is 12.2 Å². The zero-order chi connectivity index (χ0) is 22.1. The zero-order valence-corrected chi connectivity index (χ0v) is 17.4. The molecule has 0 aromatic heterocycles. The molecule has 0 spiro atoms. The van der Waals surface area contributed by atoms with Crippen molar-refractivity contribution < 1.29 is 47.8 Å². The molecule has 0 radical (unpaired) electrons. The lowest BCUT2D eigenvalue weighted by atomic mass is 10.2. The fourth-order valence-electron chi connectivity index (χ4n) is 2.44. The highest BCUT2D eigenvalue weighted by Gasteiger charge is 2.25. The fraction of sp³-hybridized carbons (Fsp3) is 0.667. The first-order valence-corrected chi connectivity index (χ1v) is 8.71. The number of carbonyl (C=O) groups excluding carboxylic acids is 2. The van der Waals surface area contributed by atoms with Gasteiger partial charge in [-0.1, -0.05) is 0 Å². The number of hydrogen-bond acceptors (Lipinski definition) is 6. The molecule has 2 N–H and O–H groups in total. The maximum Gasteiger partial charge on any atom is 0.331 e. The Kier molecular flexibility index (Phi) is 9.82. The number of esters is 2. The lowest BCUT2D eigenvalue weighted by Gasteiger charge is -2.28. The van der Waals surface area contributed by atoms with E-state index in [-0.39, 0.29) is 25.9 Å². The summed E-state index contributed by atoms with van der Waals surface area (Å²) in [5, 5.41) is 17.9. The summed E-state index contributed by atoms with van der Waals surface area (Å²) >= 11 is 0. The van der Waals surface area contributed by atoms with Crippen LogP contribution in [0.1, 0.15) is 12.8 Å². The molecule has 0 amide bonds. The van der Waals surface area contributed by atoms with E-state index in [0.717, 1.165) is 12.2 Å². The third-order valence-corrected chi connectivity index (χ3v) is 3.23. The molecule has 10 nitrogen and oxygen atoms in total. The quantitative estimate of drug-likeness (QED) is 0.258. The third-order valence-electron chi connectivity index (χ3n) is 3.23. The Hall–Kier alpha value is -2.46. The number of carboxylic acids is 2. The van der Waals surface area contributed by atoms with Crippen molar-refractivity contribution >= 4 is 23.9 Å². The molecule has 0 fully saturated rings. The van der Waals surface area contributed by atoms with E-state index in [2.05, 4.69) is 0 Å². The summed E-state index contributed by atoms with van der Waals surface area (Å²) in [6.45, 7) is 0.557. The van der Waals surface area contributed by atoms with Crippen molar-refractivity contribution in [2.45, 2.75) is 25.0 Å². The van der Waals surface area contributed by atoms with Gasteiger partial charge in [0.2, 0.25) is 0 Å². The van der Waals surface area contributed by atoms with Gasteiger partial charge in [-0.2, -0.15) is 0 Å². The number of carboxylic acid groups (broad SMARTS) is 2. The number of ether oxygens (including phenoxy) is 2. The van der Waals surface area contributed by atoms with Gasteiger partial charge in [-0.3, -0.25) is 9.59 Å². The summed E-state index contributed by atoms with van der Waals surface area (Å²) in [5.74, 6) is -3.96. The van der Waals surface area contributed by atoms with Crippen LogP contribution in [0, 0.1) is 0 Å². The first kappa shape index (κ1) is 25.5. The van der Waals surface area contributed by atoms with Crippen LogP contribution in [0.15, 0.2) is 12.2 Å². The SMILES string of the molecule is C[N+](C)(C)C[C@@H](CC(=O)O)OC(=O)/C=C/C(=O)O[C@H](CC(=O)O)C[N+](C)(C)C. The van der Waals surface area contributed by atoms with Crippen LogP contribution in [0.4, 0.5) is 0 Å². The first-order chi connectivity index (χ1) is 12.6. The number of likely N-dealkylation sites (N-methyl/N-ethyl adjacent to an activating group) is 2. The molecule has 0 aromatic rings. The van der Waals surface area contributed by atoms with Crippen LogP contribution in [-0.4, -0.2) is 111 Å². The fourth-order valence-corrected chi connectivity index (χ4v) is 2.44. The summed E-state index contributed by atoms with van der Waals surface area (Å²) in [4.78, 5) is 45.7. The molecule has 10 heteroatoms. The van der Waals surface area contributed by atoms with Crippen molar-refractivity contribution in [3.8, 4) is 0 Å². The van der Waals surface area contributed by atoms with Crippen LogP contribution in [0.3, 0.4) is 0 Å². The maximum absolute atomic E-state index is 11.9. The molecule has 0 aliphatic heterocycles. The minimum Gasteiger partial charge on any atom is -0.481 e. The Balaban J connectivity index is 4.87. The van der Waals surface area contributed by atoms with Crippen LogP contribution < -0.4 is 0 Å². The molecule has 28 heavy (non-hydrogen) atoms. The standard InChI is InChI=1S/C18H30N2O8/c1-19(2,3)11-13(9-15(21)22)27-17(25)7-8-18(26)28-14(10-16(23)24)12-20(4,5)6/h7-8,13-14H,9-12H2,1-6H3/p+2/b8-7+/t13-,14-/m1/s1. The van der Waals surface area contributed by atoms with Crippen molar-refractivity contribution in [1.82, 2.24) is 0 Å². The predicted molar refractivity (Wildman–Crippen MR) is 99.2 cm³/mol. The minimum atomic E-state index is -1.11. The first-order valence-electron chi connectivity index (χ1n) is 8.71. The second-order valence-electron chi connectivity index (χ2n) is 8.59. The Morgan fingerprint density at radius 3 is 1.21 bits per heavy atom. The van der Waals surface area contributed by atoms with E-state index < -0.39 is 36.1 Å². The zero-order valence-electron chi connectivity index (χ0n) is 17.4. The van der Waals surface area contributed by atoms with E-state index in [4.69, 9.17) is 19.7 Å². The van der Waals surface area contributed by atoms with Crippen LogP contribution in [-0.2, 0) is 28.7 Å². The Labute approximate surface area is 165 Å². The third kappa shape index (κ3) is 14.7. The average Bonchev–Trinajstić information content (AvgIpc) is 2.39. The van der Waals surface area contributed by atoms with Crippen molar-refractivity contribution in [2.24, 2.45) is 0 Å². The van der Waals surface area contributed by atoms with Crippen LogP contribution in [0.25, 0.3) is 0 Å². The molecule has 0 bridgehead atoms. The van der Waals surface area contributed by atoms with Crippen LogP contribution in [0.2, 0.25) is 0 Å².